The first-order valence-electron chi connectivity index (χ1n) is 6.92. The van der Waals surface area contributed by atoms with Crippen molar-refractivity contribution in [2.75, 3.05) is 6.61 Å². The van der Waals surface area contributed by atoms with Crippen LogP contribution in [0.4, 0.5) is 8.78 Å². The number of esters is 1. The number of carbonyl (C=O) groups excluding carboxylic acids is 1. The SMILES string of the molecule is O=C(OCC(F)(F)S(=O)(=O)O)C1c2ccccc2-c2ccccc21. The zero-order valence-corrected chi connectivity index (χ0v) is 13.0. The molecule has 126 valence electrons. The lowest BCUT2D eigenvalue weighted by Crippen LogP contribution is -2.35. The van der Waals surface area contributed by atoms with E-state index in [9.17, 15) is 22.0 Å². The second kappa shape index (κ2) is 5.64. The molecule has 5 nitrogen and oxygen atoms in total. The lowest BCUT2D eigenvalue weighted by molar-refractivity contribution is -0.150. The highest BCUT2D eigenvalue weighted by atomic mass is 32.2. The number of rotatable bonds is 4. The number of halogens is 2. The Labute approximate surface area is 136 Å². The minimum Gasteiger partial charge on any atom is -0.457 e. The summed E-state index contributed by atoms with van der Waals surface area (Å²) in [4.78, 5) is 12.3. The van der Waals surface area contributed by atoms with E-state index in [0.717, 1.165) is 11.1 Å². The summed E-state index contributed by atoms with van der Waals surface area (Å²) >= 11 is 0. The second-order valence-corrected chi connectivity index (χ2v) is 6.88. The summed E-state index contributed by atoms with van der Waals surface area (Å²) in [6, 6.07) is 14.0. The minimum absolute atomic E-state index is 0.596. The van der Waals surface area contributed by atoms with Crippen molar-refractivity contribution in [1.82, 2.24) is 0 Å². The van der Waals surface area contributed by atoms with Crippen LogP contribution in [0.15, 0.2) is 48.5 Å². The molecule has 0 saturated heterocycles. The quantitative estimate of drug-likeness (QED) is 0.675. The highest BCUT2D eigenvalue weighted by molar-refractivity contribution is 7.86. The monoisotopic (exact) mass is 354 g/mol. The van der Waals surface area contributed by atoms with Crippen LogP contribution >= 0.6 is 0 Å². The number of alkyl halides is 2. The van der Waals surface area contributed by atoms with Gasteiger partial charge in [-0.2, -0.15) is 17.2 Å². The largest absolute Gasteiger partial charge is 0.457 e. The lowest BCUT2D eigenvalue weighted by atomic mass is 9.97. The van der Waals surface area contributed by atoms with Crippen molar-refractivity contribution < 1.29 is 31.3 Å². The van der Waals surface area contributed by atoms with Crippen molar-refractivity contribution in [3.63, 3.8) is 0 Å². The Morgan fingerprint density at radius 2 is 1.50 bits per heavy atom. The Hall–Kier alpha value is -2.32. The highest BCUT2D eigenvalue weighted by Crippen LogP contribution is 2.45. The Balaban J connectivity index is 1.91. The van der Waals surface area contributed by atoms with Gasteiger partial charge >= 0.3 is 21.3 Å². The minimum atomic E-state index is -5.65. The van der Waals surface area contributed by atoms with E-state index in [1.54, 1.807) is 48.5 Å². The van der Waals surface area contributed by atoms with Crippen LogP contribution in [0.2, 0.25) is 0 Å². The second-order valence-electron chi connectivity index (χ2n) is 5.33. The van der Waals surface area contributed by atoms with E-state index in [-0.39, 0.29) is 0 Å². The Bertz CT molecular complexity index is 863. The molecule has 0 aromatic heterocycles. The number of fused-ring (bicyclic) bond motifs is 3. The molecular formula is C16H12F2O5S. The molecule has 3 rings (SSSR count). The van der Waals surface area contributed by atoms with Crippen LogP contribution in [0, 0.1) is 0 Å². The Kier molecular flexibility index (Phi) is 3.89. The van der Waals surface area contributed by atoms with Crippen molar-refractivity contribution in [3.8, 4) is 11.1 Å². The van der Waals surface area contributed by atoms with Gasteiger partial charge in [0, 0.05) is 0 Å². The molecule has 0 saturated carbocycles. The van der Waals surface area contributed by atoms with Crippen LogP contribution in [0.3, 0.4) is 0 Å². The van der Waals surface area contributed by atoms with Crippen LogP contribution in [0.1, 0.15) is 17.0 Å². The van der Waals surface area contributed by atoms with Gasteiger partial charge in [0.1, 0.15) is 5.92 Å². The summed E-state index contributed by atoms with van der Waals surface area (Å²) in [6.07, 6.45) is 0. The van der Waals surface area contributed by atoms with Crippen LogP contribution in [-0.2, 0) is 19.6 Å². The van der Waals surface area contributed by atoms with Gasteiger partial charge < -0.3 is 4.74 Å². The van der Waals surface area contributed by atoms with Crippen LogP contribution in [0.5, 0.6) is 0 Å². The number of hydrogen-bond acceptors (Lipinski definition) is 4. The smallest absolute Gasteiger partial charge is 0.402 e. The zero-order valence-electron chi connectivity index (χ0n) is 12.1. The normalized spacial score (nSPS) is 14.1. The van der Waals surface area contributed by atoms with Gasteiger partial charge in [0.2, 0.25) is 0 Å². The van der Waals surface area contributed by atoms with Crippen LogP contribution in [-0.4, -0.2) is 30.8 Å². The number of benzene rings is 2. The average Bonchev–Trinajstić information content (AvgIpc) is 2.86. The first kappa shape index (κ1) is 16.5. The summed E-state index contributed by atoms with van der Waals surface area (Å²) in [6.45, 7) is -1.74. The van der Waals surface area contributed by atoms with Gasteiger partial charge in [-0.15, -0.1) is 0 Å². The molecule has 0 atom stereocenters. The molecule has 1 aliphatic rings. The topological polar surface area (TPSA) is 80.7 Å². The van der Waals surface area contributed by atoms with Crippen molar-refractivity contribution in [2.45, 2.75) is 11.2 Å². The van der Waals surface area contributed by atoms with Crippen molar-refractivity contribution in [1.29, 1.82) is 0 Å². The predicted octanol–water partition coefficient (Wildman–Crippen LogP) is 2.82. The zero-order chi connectivity index (χ0) is 17.5. The molecule has 1 aliphatic carbocycles. The maximum atomic E-state index is 13.3. The molecule has 0 fully saturated rings. The number of carbonyl (C=O) groups is 1. The van der Waals surface area contributed by atoms with Gasteiger partial charge in [-0.25, -0.2) is 0 Å². The summed E-state index contributed by atoms with van der Waals surface area (Å²) in [5, 5.41) is -4.56. The molecule has 24 heavy (non-hydrogen) atoms. The van der Waals surface area contributed by atoms with E-state index < -0.39 is 33.9 Å². The fourth-order valence-electron chi connectivity index (χ4n) is 2.72. The fourth-order valence-corrected chi connectivity index (χ4v) is 2.93. The first-order chi connectivity index (χ1) is 11.2. The number of hydrogen-bond donors (Lipinski definition) is 1. The van der Waals surface area contributed by atoms with Gasteiger partial charge in [0.05, 0.1) is 0 Å². The third-order valence-corrected chi connectivity index (χ3v) is 4.70. The van der Waals surface area contributed by atoms with E-state index in [0.29, 0.717) is 11.1 Å². The molecule has 8 heteroatoms. The van der Waals surface area contributed by atoms with Gasteiger partial charge in [0.15, 0.2) is 6.61 Å². The van der Waals surface area contributed by atoms with E-state index in [1.807, 2.05) is 0 Å². The molecule has 0 bridgehead atoms. The van der Waals surface area contributed by atoms with Crippen LogP contribution in [0.25, 0.3) is 11.1 Å². The summed E-state index contributed by atoms with van der Waals surface area (Å²) in [5.41, 5.74) is 2.77. The summed E-state index contributed by atoms with van der Waals surface area (Å²) in [7, 11) is -5.65. The van der Waals surface area contributed by atoms with E-state index >= 15 is 0 Å². The Morgan fingerprint density at radius 1 is 1.04 bits per heavy atom. The molecule has 0 spiro atoms. The molecule has 1 N–H and O–H groups in total. The standard InChI is InChI=1S/C16H12F2O5S/c17-16(18,24(20,21)22)9-23-15(19)14-12-7-3-1-5-10(12)11-6-2-4-8-13(11)14/h1-8,14H,9H2,(H,20,21,22). The molecule has 0 aliphatic heterocycles. The molecular weight excluding hydrogens is 342 g/mol. The van der Waals surface area contributed by atoms with Crippen molar-refractivity contribution in [3.05, 3.63) is 59.7 Å². The number of ether oxygens (including phenoxy) is 1. The average molecular weight is 354 g/mol. The van der Waals surface area contributed by atoms with Gasteiger partial charge in [-0.1, -0.05) is 48.5 Å². The Morgan fingerprint density at radius 3 is 1.96 bits per heavy atom. The molecule has 0 heterocycles. The molecule has 2 aromatic rings. The molecule has 0 unspecified atom stereocenters. The highest BCUT2D eigenvalue weighted by Gasteiger charge is 2.46. The van der Waals surface area contributed by atoms with Crippen molar-refractivity contribution in [2.24, 2.45) is 0 Å². The maximum Gasteiger partial charge on any atom is 0.402 e. The molecule has 2 aromatic carbocycles. The third-order valence-electron chi connectivity index (χ3n) is 3.83. The van der Waals surface area contributed by atoms with Crippen molar-refractivity contribution >= 4 is 16.1 Å². The van der Waals surface area contributed by atoms with Gasteiger partial charge in [-0.3, -0.25) is 9.35 Å². The first-order valence-corrected chi connectivity index (χ1v) is 8.36. The lowest BCUT2D eigenvalue weighted by Gasteiger charge is -2.16. The van der Waals surface area contributed by atoms with E-state index in [4.69, 9.17) is 4.55 Å². The third kappa shape index (κ3) is 2.67. The van der Waals surface area contributed by atoms with Gasteiger partial charge in [-0.05, 0) is 22.3 Å². The molecule has 0 radical (unpaired) electrons. The van der Waals surface area contributed by atoms with E-state index in [2.05, 4.69) is 4.74 Å². The summed E-state index contributed by atoms with van der Waals surface area (Å²) < 4.78 is 60.7. The summed E-state index contributed by atoms with van der Waals surface area (Å²) in [5.74, 6) is -1.93. The fraction of sp³-hybridized carbons (Fsp3) is 0.188. The predicted molar refractivity (Wildman–Crippen MR) is 81.2 cm³/mol. The van der Waals surface area contributed by atoms with E-state index in [1.165, 1.54) is 0 Å². The van der Waals surface area contributed by atoms with Gasteiger partial charge in [0.25, 0.3) is 0 Å². The van der Waals surface area contributed by atoms with Crippen LogP contribution < -0.4 is 0 Å². The molecule has 0 amide bonds. The maximum absolute atomic E-state index is 13.3.